The van der Waals surface area contributed by atoms with Crippen molar-refractivity contribution in [2.45, 2.75) is 39.5 Å². The van der Waals surface area contributed by atoms with Crippen LogP contribution in [0.15, 0.2) is 18.2 Å². The van der Waals surface area contributed by atoms with Gasteiger partial charge in [0.15, 0.2) is 11.5 Å². The van der Waals surface area contributed by atoms with Crippen molar-refractivity contribution >= 4 is 5.69 Å². The number of unbranched alkanes of at least 4 members (excludes halogenated alkanes) is 1. The Morgan fingerprint density at radius 2 is 1.95 bits per heavy atom. The lowest BCUT2D eigenvalue weighted by Gasteiger charge is -2.20. The summed E-state index contributed by atoms with van der Waals surface area (Å²) in [5.41, 5.74) is 1.12. The van der Waals surface area contributed by atoms with Crippen molar-refractivity contribution in [3.05, 3.63) is 18.2 Å². The molecule has 3 heteroatoms. The van der Waals surface area contributed by atoms with E-state index in [1.807, 2.05) is 12.1 Å². The van der Waals surface area contributed by atoms with Gasteiger partial charge in [0.2, 0.25) is 0 Å². The van der Waals surface area contributed by atoms with Crippen LogP contribution in [0.5, 0.6) is 11.5 Å². The maximum Gasteiger partial charge on any atom is 0.163 e. The van der Waals surface area contributed by atoms with E-state index in [1.165, 1.54) is 25.7 Å². The summed E-state index contributed by atoms with van der Waals surface area (Å²) in [6.07, 6.45) is 5.14. The zero-order valence-electron chi connectivity index (χ0n) is 12.1. The van der Waals surface area contributed by atoms with Crippen molar-refractivity contribution in [2.24, 2.45) is 5.92 Å². The molecule has 3 nitrogen and oxygen atoms in total. The summed E-state index contributed by atoms with van der Waals surface area (Å²) < 4.78 is 11.1. The van der Waals surface area contributed by atoms with E-state index in [0.717, 1.165) is 29.6 Å². The van der Waals surface area contributed by atoms with Crippen LogP contribution >= 0.6 is 0 Å². The lowest BCUT2D eigenvalue weighted by molar-refractivity contribution is 0.171. The van der Waals surface area contributed by atoms with Crippen LogP contribution in [0.25, 0.3) is 0 Å². The lowest BCUT2D eigenvalue weighted by atomic mass is 9.99. The zero-order valence-corrected chi connectivity index (χ0v) is 12.1. The standard InChI is InChI=1S/C16H25NO2/c1-3-5-6-13(4-2)12-17-14-7-8-15-16(11-14)19-10-9-18-15/h7-8,11,13,17H,3-6,9-10,12H2,1-2H3. The number of hydrogen-bond acceptors (Lipinski definition) is 3. The molecule has 0 aromatic heterocycles. The highest BCUT2D eigenvalue weighted by Gasteiger charge is 2.12. The van der Waals surface area contributed by atoms with Crippen LogP contribution in [0, 0.1) is 5.92 Å². The van der Waals surface area contributed by atoms with Crippen molar-refractivity contribution in [3.8, 4) is 11.5 Å². The third-order valence-corrected chi connectivity index (χ3v) is 3.68. The van der Waals surface area contributed by atoms with E-state index in [-0.39, 0.29) is 0 Å². The molecular weight excluding hydrogens is 238 g/mol. The molecule has 0 amide bonds. The van der Waals surface area contributed by atoms with Crippen LogP contribution in [0.3, 0.4) is 0 Å². The minimum absolute atomic E-state index is 0.643. The van der Waals surface area contributed by atoms with Crippen LogP contribution in [-0.4, -0.2) is 19.8 Å². The maximum absolute atomic E-state index is 5.60. The summed E-state index contributed by atoms with van der Waals surface area (Å²) in [4.78, 5) is 0. The summed E-state index contributed by atoms with van der Waals surface area (Å²) in [6, 6.07) is 6.10. The van der Waals surface area contributed by atoms with Crippen molar-refractivity contribution in [3.63, 3.8) is 0 Å². The second-order valence-corrected chi connectivity index (χ2v) is 5.16. The fourth-order valence-corrected chi connectivity index (χ4v) is 2.36. The van der Waals surface area contributed by atoms with Crippen LogP contribution in [-0.2, 0) is 0 Å². The average molecular weight is 263 g/mol. The van der Waals surface area contributed by atoms with Gasteiger partial charge in [-0.3, -0.25) is 0 Å². The van der Waals surface area contributed by atoms with Gasteiger partial charge in [-0.1, -0.05) is 33.1 Å². The molecule has 1 heterocycles. The molecule has 1 aliphatic rings. The summed E-state index contributed by atoms with van der Waals surface area (Å²) >= 11 is 0. The number of benzene rings is 1. The summed E-state index contributed by atoms with van der Waals surface area (Å²) in [5.74, 6) is 2.47. The summed E-state index contributed by atoms with van der Waals surface area (Å²) in [6.45, 7) is 6.85. The monoisotopic (exact) mass is 263 g/mol. The highest BCUT2D eigenvalue weighted by atomic mass is 16.6. The zero-order chi connectivity index (χ0) is 13.5. The van der Waals surface area contributed by atoms with Gasteiger partial charge in [-0.25, -0.2) is 0 Å². The van der Waals surface area contributed by atoms with Crippen molar-refractivity contribution in [1.82, 2.24) is 0 Å². The second-order valence-electron chi connectivity index (χ2n) is 5.16. The van der Waals surface area contributed by atoms with Crippen LogP contribution in [0.2, 0.25) is 0 Å². The Hall–Kier alpha value is -1.38. The highest BCUT2D eigenvalue weighted by molar-refractivity contribution is 5.55. The predicted molar refractivity (Wildman–Crippen MR) is 79.2 cm³/mol. The first-order chi connectivity index (χ1) is 9.33. The Balaban J connectivity index is 1.88. The van der Waals surface area contributed by atoms with E-state index in [9.17, 15) is 0 Å². The van der Waals surface area contributed by atoms with Gasteiger partial charge in [-0.2, -0.15) is 0 Å². The van der Waals surface area contributed by atoms with Crippen LogP contribution in [0.4, 0.5) is 5.69 Å². The fourth-order valence-electron chi connectivity index (χ4n) is 2.36. The molecule has 0 radical (unpaired) electrons. The van der Waals surface area contributed by atoms with Gasteiger partial charge >= 0.3 is 0 Å². The van der Waals surface area contributed by atoms with Crippen LogP contribution < -0.4 is 14.8 Å². The number of fused-ring (bicyclic) bond motifs is 1. The topological polar surface area (TPSA) is 30.5 Å². The molecule has 1 N–H and O–H groups in total. The van der Waals surface area contributed by atoms with Crippen molar-refractivity contribution in [2.75, 3.05) is 25.1 Å². The van der Waals surface area contributed by atoms with E-state index < -0.39 is 0 Å². The van der Waals surface area contributed by atoms with Crippen LogP contribution in [0.1, 0.15) is 39.5 Å². The molecule has 0 fully saturated rings. The average Bonchev–Trinajstić information content (AvgIpc) is 2.47. The number of rotatable bonds is 7. The number of anilines is 1. The molecular formula is C16H25NO2. The lowest BCUT2D eigenvalue weighted by Crippen LogP contribution is -2.16. The molecule has 1 aliphatic heterocycles. The molecule has 0 bridgehead atoms. The predicted octanol–water partition coefficient (Wildman–Crippen LogP) is 4.09. The molecule has 1 aromatic rings. The highest BCUT2D eigenvalue weighted by Crippen LogP contribution is 2.32. The van der Waals surface area contributed by atoms with Gasteiger partial charge in [0.1, 0.15) is 13.2 Å². The quantitative estimate of drug-likeness (QED) is 0.804. The third kappa shape index (κ3) is 4.05. The molecule has 0 saturated carbocycles. The summed E-state index contributed by atoms with van der Waals surface area (Å²) in [7, 11) is 0. The van der Waals surface area contributed by atoms with E-state index in [2.05, 4.69) is 25.2 Å². The molecule has 1 aromatic carbocycles. The Kier molecular flexibility index (Phi) is 5.37. The molecule has 0 aliphatic carbocycles. The Morgan fingerprint density at radius 3 is 2.68 bits per heavy atom. The Labute approximate surface area is 116 Å². The van der Waals surface area contributed by atoms with E-state index in [4.69, 9.17) is 9.47 Å². The number of hydrogen-bond donors (Lipinski definition) is 1. The first-order valence-electron chi connectivity index (χ1n) is 7.47. The molecule has 1 unspecified atom stereocenters. The van der Waals surface area contributed by atoms with Gasteiger partial charge in [0.25, 0.3) is 0 Å². The van der Waals surface area contributed by atoms with Gasteiger partial charge in [0.05, 0.1) is 0 Å². The summed E-state index contributed by atoms with van der Waals surface area (Å²) in [5, 5.41) is 3.52. The minimum atomic E-state index is 0.643. The largest absolute Gasteiger partial charge is 0.486 e. The van der Waals surface area contributed by atoms with E-state index >= 15 is 0 Å². The van der Waals surface area contributed by atoms with E-state index in [0.29, 0.717) is 13.2 Å². The normalized spacial score (nSPS) is 15.1. The molecule has 1 atom stereocenters. The maximum atomic E-state index is 5.60. The molecule has 2 rings (SSSR count). The van der Waals surface area contributed by atoms with Gasteiger partial charge in [-0.15, -0.1) is 0 Å². The Bertz CT molecular complexity index is 392. The number of ether oxygens (including phenoxy) is 2. The molecule has 0 spiro atoms. The smallest absolute Gasteiger partial charge is 0.163 e. The molecule has 0 saturated heterocycles. The minimum Gasteiger partial charge on any atom is -0.486 e. The van der Waals surface area contributed by atoms with Crippen molar-refractivity contribution in [1.29, 1.82) is 0 Å². The third-order valence-electron chi connectivity index (χ3n) is 3.68. The first kappa shape index (κ1) is 14.0. The molecule has 19 heavy (non-hydrogen) atoms. The Morgan fingerprint density at radius 1 is 1.16 bits per heavy atom. The number of nitrogens with one attached hydrogen (secondary N) is 1. The van der Waals surface area contributed by atoms with E-state index in [1.54, 1.807) is 0 Å². The molecule has 106 valence electrons. The SMILES string of the molecule is CCCCC(CC)CNc1ccc2c(c1)OCCO2. The second kappa shape index (κ2) is 7.27. The van der Waals surface area contributed by atoms with Gasteiger partial charge in [-0.05, 0) is 24.5 Å². The first-order valence-corrected chi connectivity index (χ1v) is 7.47. The van der Waals surface area contributed by atoms with Gasteiger partial charge in [0, 0.05) is 18.3 Å². The van der Waals surface area contributed by atoms with Gasteiger partial charge < -0.3 is 14.8 Å². The van der Waals surface area contributed by atoms with Crippen molar-refractivity contribution < 1.29 is 9.47 Å². The fraction of sp³-hybridized carbons (Fsp3) is 0.625.